The summed E-state index contributed by atoms with van der Waals surface area (Å²) in [4.78, 5) is 12.4. The minimum absolute atomic E-state index is 0.0289. The maximum absolute atomic E-state index is 12.4. The highest BCUT2D eigenvalue weighted by molar-refractivity contribution is 5.97. The lowest BCUT2D eigenvalue weighted by Gasteiger charge is -2.31. The van der Waals surface area contributed by atoms with Gasteiger partial charge in [-0.25, -0.2) is 0 Å². The number of hydrogen-bond donors (Lipinski definition) is 3. The van der Waals surface area contributed by atoms with Crippen LogP contribution in [-0.2, 0) is 0 Å². The van der Waals surface area contributed by atoms with E-state index in [1.54, 1.807) is 18.2 Å². The molecule has 1 rings (SSSR count). The average Bonchev–Trinajstić information content (AvgIpc) is 2.36. The topological polar surface area (TPSA) is 84.6 Å². The third-order valence-corrected chi connectivity index (χ3v) is 3.24. The molecular weight excluding hydrogens is 256 g/mol. The molecule has 0 bridgehead atoms. The Kier molecular flexibility index (Phi) is 5.39. The van der Waals surface area contributed by atoms with Gasteiger partial charge in [-0.1, -0.05) is 20.8 Å². The second-order valence-corrected chi connectivity index (χ2v) is 5.86. The first-order valence-electron chi connectivity index (χ1n) is 6.65. The Morgan fingerprint density at radius 1 is 1.45 bits per heavy atom. The summed E-state index contributed by atoms with van der Waals surface area (Å²) in [6.45, 7) is 6.09. The second kappa shape index (κ2) is 6.61. The van der Waals surface area contributed by atoms with Crippen LogP contribution < -0.4 is 15.8 Å². The SMILES string of the molecule is COc1cc(N)ccc1C(=O)NC(CCO)C(C)(C)C. The summed E-state index contributed by atoms with van der Waals surface area (Å²) in [6, 6.07) is 4.80. The maximum Gasteiger partial charge on any atom is 0.255 e. The van der Waals surface area contributed by atoms with Crippen LogP contribution in [0.1, 0.15) is 37.6 Å². The average molecular weight is 280 g/mol. The zero-order chi connectivity index (χ0) is 15.3. The molecule has 1 aromatic carbocycles. The van der Waals surface area contributed by atoms with Gasteiger partial charge in [0.2, 0.25) is 0 Å². The van der Waals surface area contributed by atoms with Gasteiger partial charge in [0.25, 0.3) is 5.91 Å². The molecule has 5 nitrogen and oxygen atoms in total. The fourth-order valence-electron chi connectivity index (χ4n) is 1.98. The minimum atomic E-state index is -0.227. The Balaban J connectivity index is 2.94. The zero-order valence-corrected chi connectivity index (χ0v) is 12.6. The number of nitrogen functional groups attached to an aromatic ring is 1. The Hall–Kier alpha value is -1.75. The highest BCUT2D eigenvalue weighted by Gasteiger charge is 2.26. The van der Waals surface area contributed by atoms with E-state index in [2.05, 4.69) is 5.32 Å². The van der Waals surface area contributed by atoms with Gasteiger partial charge in [-0.05, 0) is 24.0 Å². The summed E-state index contributed by atoms with van der Waals surface area (Å²) in [7, 11) is 1.50. The van der Waals surface area contributed by atoms with E-state index in [0.717, 1.165) is 0 Å². The van der Waals surface area contributed by atoms with Crippen LogP contribution in [0.4, 0.5) is 5.69 Å². The summed E-state index contributed by atoms with van der Waals surface area (Å²) < 4.78 is 5.18. The van der Waals surface area contributed by atoms with Crippen LogP contribution in [0.2, 0.25) is 0 Å². The molecule has 1 unspecified atom stereocenters. The maximum atomic E-state index is 12.4. The Bertz CT molecular complexity index is 467. The van der Waals surface area contributed by atoms with E-state index in [-0.39, 0.29) is 24.0 Å². The van der Waals surface area contributed by atoms with E-state index in [1.807, 2.05) is 20.8 Å². The molecule has 4 N–H and O–H groups in total. The molecule has 0 aliphatic heterocycles. The smallest absolute Gasteiger partial charge is 0.255 e. The molecule has 0 radical (unpaired) electrons. The lowest BCUT2D eigenvalue weighted by atomic mass is 9.84. The Labute approximate surface area is 120 Å². The van der Waals surface area contributed by atoms with Gasteiger partial charge >= 0.3 is 0 Å². The van der Waals surface area contributed by atoms with Crippen molar-refractivity contribution < 1.29 is 14.6 Å². The van der Waals surface area contributed by atoms with E-state index in [4.69, 9.17) is 15.6 Å². The van der Waals surface area contributed by atoms with Crippen molar-refractivity contribution in [3.8, 4) is 5.75 Å². The number of benzene rings is 1. The highest BCUT2D eigenvalue weighted by atomic mass is 16.5. The van der Waals surface area contributed by atoms with Crippen LogP contribution in [0, 0.1) is 5.41 Å². The van der Waals surface area contributed by atoms with Crippen molar-refractivity contribution in [2.24, 2.45) is 5.41 Å². The highest BCUT2D eigenvalue weighted by Crippen LogP contribution is 2.25. The van der Waals surface area contributed by atoms with Crippen molar-refractivity contribution in [1.82, 2.24) is 5.32 Å². The van der Waals surface area contributed by atoms with Crippen LogP contribution in [0.25, 0.3) is 0 Å². The van der Waals surface area contributed by atoms with Gasteiger partial charge in [0.05, 0.1) is 12.7 Å². The monoisotopic (exact) mass is 280 g/mol. The number of carbonyl (C=O) groups excluding carboxylic acids is 1. The summed E-state index contributed by atoms with van der Waals surface area (Å²) in [5, 5.41) is 12.1. The summed E-state index contributed by atoms with van der Waals surface area (Å²) in [5.74, 6) is 0.217. The quantitative estimate of drug-likeness (QED) is 0.718. The molecule has 0 saturated carbocycles. The number of anilines is 1. The van der Waals surface area contributed by atoms with E-state index >= 15 is 0 Å². The fraction of sp³-hybridized carbons (Fsp3) is 0.533. The van der Waals surface area contributed by atoms with Crippen LogP contribution in [0.5, 0.6) is 5.75 Å². The number of nitrogens with two attached hydrogens (primary N) is 1. The number of aliphatic hydroxyl groups excluding tert-OH is 1. The molecule has 5 heteroatoms. The van der Waals surface area contributed by atoms with Gasteiger partial charge < -0.3 is 20.9 Å². The number of rotatable bonds is 5. The number of nitrogens with one attached hydrogen (secondary N) is 1. The molecule has 0 spiro atoms. The molecule has 1 aromatic rings. The number of aliphatic hydroxyl groups is 1. The van der Waals surface area contributed by atoms with Crippen LogP contribution >= 0.6 is 0 Å². The first-order chi connectivity index (χ1) is 9.29. The van der Waals surface area contributed by atoms with E-state index in [9.17, 15) is 4.79 Å². The van der Waals surface area contributed by atoms with Crippen LogP contribution in [-0.4, -0.2) is 30.8 Å². The van der Waals surface area contributed by atoms with Crippen molar-refractivity contribution in [2.45, 2.75) is 33.2 Å². The van der Waals surface area contributed by atoms with Gasteiger partial charge in [0, 0.05) is 24.4 Å². The summed E-state index contributed by atoms with van der Waals surface area (Å²) in [5.41, 5.74) is 6.52. The second-order valence-electron chi connectivity index (χ2n) is 5.86. The van der Waals surface area contributed by atoms with Crippen LogP contribution in [0.15, 0.2) is 18.2 Å². The molecular formula is C15H24N2O3. The number of ether oxygens (including phenoxy) is 1. The van der Waals surface area contributed by atoms with E-state index in [1.165, 1.54) is 7.11 Å². The Morgan fingerprint density at radius 3 is 2.60 bits per heavy atom. The van der Waals surface area contributed by atoms with E-state index < -0.39 is 0 Å². The molecule has 0 aliphatic rings. The number of methoxy groups -OCH3 is 1. The molecule has 0 aromatic heterocycles. The van der Waals surface area contributed by atoms with Crippen molar-refractivity contribution in [1.29, 1.82) is 0 Å². The first kappa shape index (κ1) is 16.3. The lowest BCUT2D eigenvalue weighted by Crippen LogP contribution is -2.44. The van der Waals surface area contributed by atoms with Gasteiger partial charge in [-0.15, -0.1) is 0 Å². The number of amides is 1. The number of hydrogen-bond acceptors (Lipinski definition) is 4. The van der Waals surface area contributed by atoms with Crippen molar-refractivity contribution >= 4 is 11.6 Å². The third-order valence-electron chi connectivity index (χ3n) is 3.24. The molecule has 112 valence electrons. The van der Waals surface area contributed by atoms with Gasteiger partial charge in [0.1, 0.15) is 5.75 Å². The predicted octanol–water partition coefficient (Wildman–Crippen LogP) is 1.80. The standard InChI is InChI=1S/C15H24N2O3/c1-15(2,3)13(7-8-18)17-14(19)11-6-5-10(16)9-12(11)20-4/h5-6,9,13,18H,7-8,16H2,1-4H3,(H,17,19). The molecule has 1 amide bonds. The molecule has 0 aliphatic carbocycles. The van der Waals surface area contributed by atoms with Crippen molar-refractivity contribution in [3.05, 3.63) is 23.8 Å². The Morgan fingerprint density at radius 2 is 2.10 bits per heavy atom. The van der Waals surface area contributed by atoms with Gasteiger partial charge in [-0.2, -0.15) is 0 Å². The molecule has 0 heterocycles. The van der Waals surface area contributed by atoms with Crippen molar-refractivity contribution in [3.63, 3.8) is 0 Å². The van der Waals surface area contributed by atoms with Gasteiger partial charge in [0.15, 0.2) is 0 Å². The third kappa shape index (κ3) is 4.13. The lowest BCUT2D eigenvalue weighted by molar-refractivity contribution is 0.0882. The van der Waals surface area contributed by atoms with Gasteiger partial charge in [-0.3, -0.25) is 4.79 Å². The fourth-order valence-corrected chi connectivity index (χ4v) is 1.98. The molecule has 0 saturated heterocycles. The largest absolute Gasteiger partial charge is 0.496 e. The molecule has 1 atom stereocenters. The minimum Gasteiger partial charge on any atom is -0.496 e. The number of carbonyl (C=O) groups is 1. The summed E-state index contributed by atoms with van der Waals surface area (Å²) >= 11 is 0. The normalized spacial score (nSPS) is 12.8. The van der Waals surface area contributed by atoms with Crippen LogP contribution in [0.3, 0.4) is 0 Å². The molecule has 20 heavy (non-hydrogen) atoms. The van der Waals surface area contributed by atoms with Crippen molar-refractivity contribution in [2.75, 3.05) is 19.5 Å². The predicted molar refractivity (Wildman–Crippen MR) is 79.8 cm³/mol. The first-order valence-corrected chi connectivity index (χ1v) is 6.65. The zero-order valence-electron chi connectivity index (χ0n) is 12.6. The summed E-state index contributed by atoms with van der Waals surface area (Å²) in [6.07, 6.45) is 0.506. The molecule has 0 fully saturated rings. The van der Waals surface area contributed by atoms with E-state index in [0.29, 0.717) is 23.4 Å².